The van der Waals surface area contributed by atoms with Crippen LogP contribution in [0.15, 0.2) is 47.4 Å². The van der Waals surface area contributed by atoms with Gasteiger partial charge >= 0.3 is 5.97 Å². The highest BCUT2D eigenvalue weighted by Crippen LogP contribution is 2.30. The average Bonchev–Trinajstić information content (AvgIpc) is 2.49. The number of ether oxygens (including phenoxy) is 1. The van der Waals surface area contributed by atoms with Crippen molar-refractivity contribution < 1.29 is 14.6 Å². The molecule has 0 saturated carbocycles. The molecule has 0 aliphatic rings. The molecule has 3 nitrogen and oxygen atoms in total. The van der Waals surface area contributed by atoms with Crippen LogP contribution in [-0.4, -0.2) is 23.4 Å². The topological polar surface area (TPSA) is 46.5 Å². The summed E-state index contributed by atoms with van der Waals surface area (Å²) < 4.78 is 5.09. The molecule has 0 spiro atoms. The number of benzene rings is 2. The maximum absolute atomic E-state index is 11.5. The molecule has 0 aliphatic carbocycles. The predicted octanol–water partition coefficient (Wildman–Crippen LogP) is 4.79. The summed E-state index contributed by atoms with van der Waals surface area (Å²) in [7, 11) is 1.54. The summed E-state index contributed by atoms with van der Waals surface area (Å²) >= 11 is 13.2. The van der Waals surface area contributed by atoms with E-state index >= 15 is 0 Å². The van der Waals surface area contributed by atoms with E-state index in [9.17, 15) is 9.90 Å². The fourth-order valence-corrected chi connectivity index (χ4v) is 3.31. The Balaban J connectivity index is 2.13. The maximum atomic E-state index is 11.5. The summed E-state index contributed by atoms with van der Waals surface area (Å²) in [5.41, 5.74) is 0.847. The largest absolute Gasteiger partial charge is 0.495 e. The molecule has 116 valence electrons. The SMILES string of the molecule is COc1ccc(C[C@@H](Sc2ccc(Cl)cc2)C(=O)O)cc1Cl. The van der Waals surface area contributed by atoms with E-state index in [0.717, 1.165) is 10.5 Å². The Hall–Kier alpha value is -1.36. The number of hydrogen-bond acceptors (Lipinski definition) is 3. The lowest BCUT2D eigenvalue weighted by Crippen LogP contribution is -2.19. The molecule has 22 heavy (non-hydrogen) atoms. The normalized spacial score (nSPS) is 12.0. The molecule has 0 aromatic heterocycles. The van der Waals surface area contributed by atoms with Gasteiger partial charge in [0.1, 0.15) is 11.0 Å². The monoisotopic (exact) mass is 356 g/mol. The highest BCUT2D eigenvalue weighted by molar-refractivity contribution is 8.00. The Labute approximate surface area is 143 Å². The van der Waals surface area contributed by atoms with Gasteiger partial charge in [0, 0.05) is 9.92 Å². The van der Waals surface area contributed by atoms with E-state index in [0.29, 0.717) is 22.2 Å². The molecule has 2 aromatic carbocycles. The Bertz CT molecular complexity index is 659. The Morgan fingerprint density at radius 1 is 1.23 bits per heavy atom. The van der Waals surface area contributed by atoms with Crippen molar-refractivity contribution in [1.82, 2.24) is 0 Å². The van der Waals surface area contributed by atoms with Crippen molar-refractivity contribution in [1.29, 1.82) is 0 Å². The summed E-state index contributed by atoms with van der Waals surface area (Å²) in [4.78, 5) is 12.3. The highest BCUT2D eigenvalue weighted by atomic mass is 35.5. The first-order valence-electron chi connectivity index (χ1n) is 6.47. The second kappa shape index (κ2) is 7.77. The third-order valence-corrected chi connectivity index (χ3v) is 4.75. The Kier molecular flexibility index (Phi) is 6.00. The molecule has 1 atom stereocenters. The smallest absolute Gasteiger partial charge is 0.317 e. The Morgan fingerprint density at radius 2 is 1.91 bits per heavy atom. The van der Waals surface area contributed by atoms with Gasteiger partial charge in [0.15, 0.2) is 0 Å². The minimum absolute atomic E-state index is 0.367. The minimum Gasteiger partial charge on any atom is -0.495 e. The van der Waals surface area contributed by atoms with Crippen LogP contribution in [0.5, 0.6) is 5.75 Å². The standard InChI is InChI=1S/C16H14Cl2O3S/c1-21-14-7-2-10(8-13(14)18)9-15(16(19)20)22-12-5-3-11(17)4-6-12/h2-8,15H,9H2,1H3,(H,19,20)/t15-/m1/s1. The zero-order valence-electron chi connectivity index (χ0n) is 11.8. The van der Waals surface area contributed by atoms with Crippen molar-refractivity contribution in [2.75, 3.05) is 7.11 Å². The van der Waals surface area contributed by atoms with Crippen LogP contribution in [0.3, 0.4) is 0 Å². The van der Waals surface area contributed by atoms with Gasteiger partial charge in [-0.3, -0.25) is 4.79 Å². The number of halogens is 2. The first kappa shape index (κ1) is 17.0. The number of rotatable bonds is 6. The Morgan fingerprint density at radius 3 is 2.45 bits per heavy atom. The average molecular weight is 357 g/mol. The summed E-state index contributed by atoms with van der Waals surface area (Å²) in [6.45, 7) is 0. The van der Waals surface area contributed by atoms with Gasteiger partial charge < -0.3 is 9.84 Å². The summed E-state index contributed by atoms with van der Waals surface area (Å²) in [5.74, 6) is -0.297. The maximum Gasteiger partial charge on any atom is 0.317 e. The van der Waals surface area contributed by atoms with Crippen molar-refractivity contribution in [3.63, 3.8) is 0 Å². The molecule has 0 bridgehead atoms. The van der Waals surface area contributed by atoms with Gasteiger partial charge in [0.05, 0.1) is 12.1 Å². The van der Waals surface area contributed by atoms with Crippen molar-refractivity contribution in [2.24, 2.45) is 0 Å². The lowest BCUT2D eigenvalue weighted by molar-refractivity contribution is -0.136. The summed E-state index contributed by atoms with van der Waals surface area (Å²) in [6, 6.07) is 12.4. The van der Waals surface area contributed by atoms with E-state index in [1.807, 2.05) is 18.2 Å². The zero-order valence-corrected chi connectivity index (χ0v) is 14.1. The van der Waals surface area contributed by atoms with E-state index in [1.54, 1.807) is 24.3 Å². The van der Waals surface area contributed by atoms with Crippen LogP contribution in [0.2, 0.25) is 10.0 Å². The first-order chi connectivity index (χ1) is 10.5. The van der Waals surface area contributed by atoms with Gasteiger partial charge in [-0.05, 0) is 48.4 Å². The number of carboxylic acid groups (broad SMARTS) is 1. The molecule has 2 rings (SSSR count). The number of hydrogen-bond donors (Lipinski definition) is 1. The van der Waals surface area contributed by atoms with Crippen molar-refractivity contribution in [3.05, 3.63) is 58.1 Å². The van der Waals surface area contributed by atoms with Crippen LogP contribution in [-0.2, 0) is 11.2 Å². The molecule has 6 heteroatoms. The van der Waals surface area contributed by atoms with Crippen LogP contribution < -0.4 is 4.74 Å². The van der Waals surface area contributed by atoms with Crippen molar-refractivity contribution in [3.8, 4) is 5.75 Å². The lowest BCUT2D eigenvalue weighted by Gasteiger charge is -2.13. The molecular formula is C16H14Cl2O3S. The van der Waals surface area contributed by atoms with Gasteiger partial charge in [-0.2, -0.15) is 0 Å². The molecular weight excluding hydrogens is 343 g/mol. The summed E-state index contributed by atoms with van der Waals surface area (Å²) in [5, 5.41) is 9.91. The van der Waals surface area contributed by atoms with Crippen LogP contribution in [0.4, 0.5) is 0 Å². The highest BCUT2D eigenvalue weighted by Gasteiger charge is 2.20. The fourth-order valence-electron chi connectivity index (χ4n) is 1.91. The molecule has 0 saturated heterocycles. The van der Waals surface area contributed by atoms with Gasteiger partial charge in [-0.25, -0.2) is 0 Å². The van der Waals surface area contributed by atoms with Crippen LogP contribution in [0, 0.1) is 0 Å². The second-order valence-corrected chi connectivity index (χ2v) is 6.69. The van der Waals surface area contributed by atoms with E-state index < -0.39 is 11.2 Å². The number of thioether (sulfide) groups is 1. The molecule has 0 radical (unpaired) electrons. The lowest BCUT2D eigenvalue weighted by atomic mass is 10.1. The zero-order chi connectivity index (χ0) is 16.1. The van der Waals surface area contributed by atoms with E-state index in [1.165, 1.54) is 18.9 Å². The van der Waals surface area contributed by atoms with E-state index in [2.05, 4.69) is 0 Å². The van der Waals surface area contributed by atoms with Crippen LogP contribution in [0.1, 0.15) is 5.56 Å². The molecule has 0 heterocycles. The van der Waals surface area contributed by atoms with Crippen LogP contribution >= 0.6 is 35.0 Å². The predicted molar refractivity (Wildman–Crippen MR) is 90.4 cm³/mol. The molecule has 0 amide bonds. The van der Waals surface area contributed by atoms with Crippen molar-refractivity contribution >= 4 is 40.9 Å². The van der Waals surface area contributed by atoms with Gasteiger partial charge in [0.25, 0.3) is 0 Å². The van der Waals surface area contributed by atoms with E-state index in [4.69, 9.17) is 27.9 Å². The molecule has 0 fully saturated rings. The molecule has 0 aliphatic heterocycles. The molecule has 2 aromatic rings. The van der Waals surface area contributed by atoms with Crippen LogP contribution in [0.25, 0.3) is 0 Å². The second-order valence-electron chi connectivity index (χ2n) is 4.57. The third kappa shape index (κ3) is 4.57. The molecule has 0 unspecified atom stereocenters. The quantitative estimate of drug-likeness (QED) is 0.755. The van der Waals surface area contributed by atoms with Gasteiger partial charge in [0.2, 0.25) is 0 Å². The molecule has 1 N–H and O–H groups in total. The number of carbonyl (C=O) groups is 1. The number of methoxy groups -OCH3 is 1. The summed E-state index contributed by atoms with van der Waals surface area (Å²) in [6.07, 6.45) is 0.367. The fraction of sp³-hybridized carbons (Fsp3) is 0.188. The van der Waals surface area contributed by atoms with E-state index in [-0.39, 0.29) is 0 Å². The minimum atomic E-state index is -0.869. The number of carboxylic acids is 1. The van der Waals surface area contributed by atoms with Gasteiger partial charge in [-0.15, -0.1) is 11.8 Å². The third-order valence-electron chi connectivity index (χ3n) is 3.00. The first-order valence-corrected chi connectivity index (χ1v) is 8.10. The number of aliphatic carboxylic acids is 1. The van der Waals surface area contributed by atoms with Gasteiger partial charge in [-0.1, -0.05) is 29.3 Å². The van der Waals surface area contributed by atoms with Crippen molar-refractivity contribution in [2.45, 2.75) is 16.6 Å².